The van der Waals surface area contributed by atoms with Crippen LogP contribution in [-0.2, 0) is 30.5 Å². The van der Waals surface area contributed by atoms with E-state index in [-0.39, 0.29) is 0 Å². The zero-order valence-corrected chi connectivity index (χ0v) is 47.7. The molecule has 19 rings (SSSR count). The SMILES string of the molecule is O=S1(=O)c2ccccc2-c2cc(N3c4ccccc4C4(c5cc6ccccc6cc53)c3ccsc3-c3sccc34)ccc21.O=S1(=O)c2ccccc2-c2cc(N3c4ncccc4C4(c5cccnc53)c3ccsc3-c3sccc34)ccc21. The quantitative estimate of drug-likeness (QED) is 0.169. The molecule has 7 aromatic carbocycles. The van der Waals surface area contributed by atoms with Crippen molar-refractivity contribution in [1.82, 2.24) is 9.97 Å². The number of para-hydroxylation sites is 1. The molecule has 13 aromatic rings. The largest absolute Gasteiger partial charge is 0.310 e. The van der Waals surface area contributed by atoms with Crippen LogP contribution in [0.5, 0.6) is 0 Å². The molecule has 4 aliphatic heterocycles. The molecule has 0 saturated carbocycles. The van der Waals surface area contributed by atoms with Gasteiger partial charge in [-0.15, -0.1) is 45.3 Å². The predicted molar refractivity (Wildman–Crippen MR) is 330 cm³/mol. The van der Waals surface area contributed by atoms with E-state index in [0.717, 1.165) is 62.2 Å². The number of anilines is 6. The van der Waals surface area contributed by atoms with Gasteiger partial charge in [0.25, 0.3) is 0 Å². The number of rotatable bonds is 2. The van der Waals surface area contributed by atoms with Gasteiger partial charge in [0, 0.05) is 76.7 Å². The van der Waals surface area contributed by atoms with Crippen LogP contribution in [-0.4, -0.2) is 26.8 Å². The fourth-order valence-corrected chi connectivity index (χ4v) is 21.9. The molecule has 0 saturated heterocycles. The average Bonchev–Trinajstić information content (AvgIpc) is 1.62. The first-order valence-corrected chi connectivity index (χ1v) is 33.1. The van der Waals surface area contributed by atoms with Crippen molar-refractivity contribution in [3.63, 3.8) is 0 Å². The maximum Gasteiger partial charge on any atom is 0.207 e. The van der Waals surface area contributed by atoms with Crippen molar-refractivity contribution in [2.75, 3.05) is 9.80 Å². The van der Waals surface area contributed by atoms with Gasteiger partial charge >= 0.3 is 0 Å². The van der Waals surface area contributed by atoms with Gasteiger partial charge in [-0.2, -0.15) is 0 Å². The molecule has 0 bridgehead atoms. The zero-order chi connectivity index (χ0) is 54.4. The fraction of sp³-hybridized carbons (Fsp3) is 0.0294. The number of fused-ring (bicyclic) bond motifs is 25. The highest BCUT2D eigenvalue weighted by Gasteiger charge is 2.55. The molecule has 2 aliphatic carbocycles. The van der Waals surface area contributed by atoms with Crippen molar-refractivity contribution in [2.24, 2.45) is 0 Å². The maximum absolute atomic E-state index is 13.4. The molecule has 10 heterocycles. The molecular weight excluding hydrogens is 1130 g/mol. The number of thiophene rings is 4. The smallest absolute Gasteiger partial charge is 0.207 e. The lowest BCUT2D eigenvalue weighted by Crippen LogP contribution is -2.36. The van der Waals surface area contributed by atoms with E-state index in [2.05, 4.69) is 134 Å². The van der Waals surface area contributed by atoms with Gasteiger partial charge in [-0.3, -0.25) is 4.90 Å². The first kappa shape index (κ1) is 47.1. The summed E-state index contributed by atoms with van der Waals surface area (Å²) in [7, 11) is -7.10. The standard InChI is InChI=1S/C37H21NO2S3.C31H17N3O2S3/c39-43(40)33-12-6-3-9-25(33)26-21-24(13-14-34(26)43)38-31-11-5-4-10-27(31)37(28-15-17-41-35(28)36-29(37)16-18-42-36)30-19-22-7-1-2-8-23(22)20-32(30)38;35-39(36)25-8-2-1-5-19(25)20-17-18(9-10-26(20)39)34-29-23(6-3-13-32-29)31(24-7-4-14-33-30(24)34)21-11-15-37-27(21)28-22(31)12-16-38-28/h1-21H;1-17H. The Morgan fingerprint density at radius 3 is 1.27 bits per heavy atom. The minimum absolute atomic E-state index is 0.338. The number of pyridine rings is 2. The Labute approximate surface area is 487 Å². The van der Waals surface area contributed by atoms with Crippen molar-refractivity contribution in [3.8, 4) is 41.8 Å². The highest BCUT2D eigenvalue weighted by molar-refractivity contribution is 7.92. The van der Waals surface area contributed by atoms with Crippen LogP contribution < -0.4 is 9.80 Å². The number of hydrogen-bond donors (Lipinski definition) is 0. The normalized spacial score (nSPS) is 16.1. The highest BCUT2D eigenvalue weighted by Crippen LogP contribution is 2.68. The maximum atomic E-state index is 13.4. The third-order valence-electron chi connectivity index (χ3n) is 17.5. The van der Waals surface area contributed by atoms with Crippen LogP contribution in [0.2, 0.25) is 0 Å². The van der Waals surface area contributed by atoms with E-state index < -0.39 is 30.5 Å². The molecule has 82 heavy (non-hydrogen) atoms. The average molecular weight is 1170 g/mol. The topological polar surface area (TPSA) is 101 Å². The Hall–Kier alpha value is -8.60. The zero-order valence-electron chi connectivity index (χ0n) is 42.8. The molecule has 0 radical (unpaired) electrons. The van der Waals surface area contributed by atoms with Gasteiger partial charge < -0.3 is 4.90 Å². The van der Waals surface area contributed by atoms with E-state index in [4.69, 9.17) is 9.97 Å². The summed E-state index contributed by atoms with van der Waals surface area (Å²) in [6, 6.07) is 65.4. The summed E-state index contributed by atoms with van der Waals surface area (Å²) in [6.07, 6.45) is 3.64. The lowest BCUT2D eigenvalue weighted by Gasteiger charge is -2.44. The molecule has 6 aliphatic rings. The lowest BCUT2D eigenvalue weighted by atomic mass is 9.65. The first-order valence-electron chi connectivity index (χ1n) is 26.6. The summed E-state index contributed by atoms with van der Waals surface area (Å²) in [5.74, 6) is 1.60. The van der Waals surface area contributed by atoms with Crippen molar-refractivity contribution >= 4 is 110 Å². The first-order chi connectivity index (χ1) is 40.2. The second kappa shape index (κ2) is 16.5. The van der Waals surface area contributed by atoms with Crippen molar-refractivity contribution in [3.05, 3.63) is 273 Å². The van der Waals surface area contributed by atoms with Crippen molar-refractivity contribution in [2.45, 2.75) is 30.4 Å². The Morgan fingerprint density at radius 1 is 0.329 bits per heavy atom. The molecule has 0 fully saturated rings. The molecule has 8 nitrogen and oxygen atoms in total. The summed E-state index contributed by atoms with van der Waals surface area (Å²) in [5, 5.41) is 11.2. The van der Waals surface area contributed by atoms with E-state index >= 15 is 0 Å². The Balaban J connectivity index is 0.000000126. The molecule has 0 atom stereocenters. The molecule has 0 unspecified atom stereocenters. The number of sulfone groups is 2. The van der Waals surface area contributed by atoms with E-state index in [1.54, 1.807) is 59.1 Å². The summed E-state index contributed by atoms with van der Waals surface area (Å²) in [4.78, 5) is 21.1. The minimum Gasteiger partial charge on any atom is -0.310 e. The van der Waals surface area contributed by atoms with E-state index in [0.29, 0.717) is 25.1 Å². The number of aromatic nitrogens is 2. The van der Waals surface area contributed by atoms with Gasteiger partial charge in [-0.1, -0.05) is 91.0 Å². The fourth-order valence-electron chi connectivity index (χ4n) is 14.3. The molecular formula is C68H38N4O4S6. The van der Waals surface area contributed by atoms with E-state index in [9.17, 15) is 16.8 Å². The predicted octanol–water partition coefficient (Wildman–Crippen LogP) is 17.5. The van der Waals surface area contributed by atoms with Gasteiger partial charge in [-0.05, 0) is 169 Å². The third kappa shape index (κ3) is 5.78. The molecule has 2 spiro atoms. The van der Waals surface area contributed by atoms with Gasteiger partial charge in [0.1, 0.15) is 11.6 Å². The van der Waals surface area contributed by atoms with Crippen LogP contribution in [0, 0.1) is 0 Å². The molecule has 0 amide bonds. The van der Waals surface area contributed by atoms with Gasteiger partial charge in [-0.25, -0.2) is 26.8 Å². The monoisotopic (exact) mass is 1170 g/mol. The van der Waals surface area contributed by atoms with Crippen LogP contribution in [0.1, 0.15) is 44.5 Å². The Kier molecular flexibility index (Phi) is 9.49. The summed E-state index contributed by atoms with van der Waals surface area (Å²) in [6.45, 7) is 0. The third-order valence-corrected chi connectivity index (χ3v) is 25.2. The lowest BCUT2D eigenvalue weighted by molar-refractivity contribution is 0.597. The second-order valence-corrected chi connectivity index (χ2v) is 28.6. The number of benzene rings is 7. The summed E-state index contributed by atoms with van der Waals surface area (Å²) >= 11 is 7.21. The van der Waals surface area contributed by atoms with Crippen molar-refractivity contribution in [1.29, 1.82) is 0 Å². The number of hydrogen-bond acceptors (Lipinski definition) is 12. The Morgan fingerprint density at radius 2 is 0.744 bits per heavy atom. The van der Waals surface area contributed by atoms with Crippen LogP contribution in [0.4, 0.5) is 34.4 Å². The van der Waals surface area contributed by atoms with Gasteiger partial charge in [0.05, 0.1) is 41.8 Å². The Bertz CT molecular complexity index is 5090. The summed E-state index contributed by atoms with van der Waals surface area (Å²) in [5.41, 5.74) is 15.9. The molecule has 14 heteroatoms. The van der Waals surface area contributed by atoms with Crippen molar-refractivity contribution < 1.29 is 16.8 Å². The number of nitrogens with zero attached hydrogens (tertiary/aromatic N) is 4. The molecule has 390 valence electrons. The van der Waals surface area contributed by atoms with Crippen LogP contribution in [0.3, 0.4) is 0 Å². The van der Waals surface area contributed by atoms with Crippen LogP contribution >= 0.6 is 45.3 Å². The van der Waals surface area contributed by atoms with Gasteiger partial charge in [0.2, 0.25) is 19.7 Å². The van der Waals surface area contributed by atoms with Crippen LogP contribution in [0.15, 0.2) is 248 Å². The summed E-state index contributed by atoms with van der Waals surface area (Å²) < 4.78 is 53.4. The van der Waals surface area contributed by atoms with E-state index in [1.165, 1.54) is 63.7 Å². The second-order valence-electron chi connectivity index (χ2n) is 21.2. The van der Waals surface area contributed by atoms with Crippen LogP contribution in [0.25, 0.3) is 52.5 Å². The van der Waals surface area contributed by atoms with E-state index in [1.807, 2.05) is 89.7 Å². The molecule has 6 aromatic heterocycles. The van der Waals surface area contributed by atoms with Gasteiger partial charge in [0.15, 0.2) is 0 Å². The highest BCUT2D eigenvalue weighted by atomic mass is 32.2. The minimum atomic E-state index is -3.55. The molecule has 0 N–H and O–H groups in total.